The molecule has 2 N–H and O–H groups in total. The summed E-state index contributed by atoms with van der Waals surface area (Å²) in [5, 5.41) is 18.7. The van der Waals surface area contributed by atoms with Gasteiger partial charge in [0.25, 0.3) is 0 Å². The van der Waals surface area contributed by atoms with E-state index in [4.69, 9.17) is 12.9 Å². The van der Waals surface area contributed by atoms with Gasteiger partial charge in [-0.05, 0) is 0 Å². The average molecular weight is 536 g/mol. The van der Waals surface area contributed by atoms with E-state index in [1.165, 1.54) is 0 Å². The van der Waals surface area contributed by atoms with Crippen LogP contribution in [-0.2, 0) is 7.80 Å². The van der Waals surface area contributed by atoms with E-state index < -0.39 is 6.10 Å². The lowest BCUT2D eigenvalue weighted by molar-refractivity contribution is 0.0474. The monoisotopic (exact) mass is 536 g/mol. The summed E-state index contributed by atoms with van der Waals surface area (Å²) < 4.78 is 10.7. The van der Waals surface area contributed by atoms with E-state index in [-0.39, 0.29) is 25.6 Å². The molecule has 0 aliphatic carbocycles. The van der Waals surface area contributed by atoms with Crippen molar-refractivity contribution in [3.05, 3.63) is 9.53 Å². The minimum Gasteiger partial charge on any atom is -0.506 e. The van der Waals surface area contributed by atoms with E-state index in [1.54, 1.807) is 45.6 Å². The first-order chi connectivity index (χ1) is 6.49. The highest BCUT2D eigenvalue weighted by molar-refractivity contribution is 14.1. The van der Waals surface area contributed by atoms with Gasteiger partial charge in [0.05, 0.1) is 3.92 Å². The molecule has 0 spiro atoms. The van der Waals surface area contributed by atoms with Crippen LogP contribution in [0, 0.1) is 0 Å². The molecular formula is C6H8BI3O4. The summed E-state index contributed by atoms with van der Waals surface area (Å²) >= 11 is 5.65. The maximum Gasteiger partial charge on any atom is 0.194 e. The van der Waals surface area contributed by atoms with E-state index in [9.17, 15) is 5.11 Å². The van der Waals surface area contributed by atoms with Crippen molar-refractivity contribution in [3.8, 4) is 0 Å². The lowest BCUT2D eigenvalue weighted by Gasteiger charge is -2.16. The molecule has 0 aromatic rings. The highest BCUT2D eigenvalue weighted by Crippen LogP contribution is 2.34. The zero-order valence-electron chi connectivity index (χ0n) is 7.15. The molecule has 14 heavy (non-hydrogen) atoms. The topological polar surface area (TPSA) is 58.9 Å². The van der Waals surface area contributed by atoms with Gasteiger partial charge in [-0.3, -0.25) is 0 Å². The normalized spacial score (nSPS) is 39.6. The van der Waals surface area contributed by atoms with Crippen molar-refractivity contribution >= 4 is 76.0 Å². The van der Waals surface area contributed by atoms with E-state index in [2.05, 4.69) is 22.6 Å². The molecular weight excluding hydrogens is 528 g/mol. The van der Waals surface area contributed by atoms with Gasteiger partial charge in [0.15, 0.2) is 9.53 Å². The van der Waals surface area contributed by atoms with Crippen LogP contribution in [0.3, 0.4) is 0 Å². The first-order valence-corrected chi connectivity index (χ1v) is 7.04. The number of aliphatic hydroxyl groups is 2. The fraction of sp³-hybridized carbons (Fsp3) is 0.667. The van der Waals surface area contributed by atoms with Gasteiger partial charge in [0, 0.05) is 28.6 Å². The molecule has 0 amide bonds. The summed E-state index contributed by atoms with van der Waals surface area (Å²) in [6.07, 6.45) is -0.802. The molecule has 80 valence electrons. The van der Waals surface area contributed by atoms with Crippen LogP contribution < -0.4 is 0 Å². The van der Waals surface area contributed by atoms with Crippen LogP contribution in [0.1, 0.15) is 0 Å². The number of halogens is 3. The number of ether oxygens (including phenoxy) is 1. The zero-order chi connectivity index (χ0) is 10.9. The Balaban J connectivity index is 2.85. The third-order valence-electron chi connectivity index (χ3n) is 2.01. The Bertz CT molecular complexity index is 245. The molecule has 0 aromatic carbocycles. The summed E-state index contributed by atoms with van der Waals surface area (Å²) in [5.74, 6) is -0.154. The molecule has 4 nitrogen and oxygen atoms in total. The molecule has 1 aliphatic heterocycles. The third kappa shape index (κ3) is 2.80. The van der Waals surface area contributed by atoms with Crippen LogP contribution in [0.4, 0.5) is 0 Å². The first kappa shape index (κ1) is 13.6. The van der Waals surface area contributed by atoms with Gasteiger partial charge >= 0.3 is 0 Å². The highest BCUT2D eigenvalue weighted by Gasteiger charge is 2.44. The van der Waals surface area contributed by atoms with Crippen LogP contribution in [0.15, 0.2) is 9.53 Å². The average Bonchev–Trinajstić information content (AvgIpc) is 2.41. The van der Waals surface area contributed by atoms with E-state index in [0.29, 0.717) is 0 Å². The second-order valence-corrected chi connectivity index (χ2v) is 5.90. The maximum absolute atomic E-state index is 9.57. The fourth-order valence-electron chi connectivity index (χ4n) is 1.25. The molecule has 0 saturated carbocycles. The van der Waals surface area contributed by atoms with Gasteiger partial charge in [-0.15, -0.1) is 0 Å². The van der Waals surface area contributed by atoms with Gasteiger partial charge in [0.2, 0.25) is 0 Å². The molecule has 4 atom stereocenters. The Kier molecular flexibility index (Phi) is 5.56. The van der Waals surface area contributed by atoms with Crippen molar-refractivity contribution in [2.75, 3.05) is 0 Å². The van der Waals surface area contributed by atoms with Crippen molar-refractivity contribution in [3.63, 3.8) is 0 Å². The predicted molar refractivity (Wildman–Crippen MR) is 80.2 cm³/mol. The first-order valence-electron chi connectivity index (χ1n) is 3.83. The summed E-state index contributed by atoms with van der Waals surface area (Å²) in [4.78, 5) is 0. The van der Waals surface area contributed by atoms with Gasteiger partial charge in [0.1, 0.15) is 43.1 Å². The smallest absolute Gasteiger partial charge is 0.194 e. The molecule has 1 rings (SSSR count). The van der Waals surface area contributed by atoms with Gasteiger partial charge in [-0.1, -0.05) is 22.6 Å². The Labute approximate surface area is 124 Å². The second-order valence-electron chi connectivity index (χ2n) is 2.94. The van der Waals surface area contributed by atoms with Crippen molar-refractivity contribution < 1.29 is 18.0 Å². The number of aliphatic hydroxyl groups excluding tert-OH is 2. The Morgan fingerprint density at radius 2 is 2.00 bits per heavy atom. The maximum atomic E-state index is 9.57. The van der Waals surface area contributed by atoms with Crippen LogP contribution in [-0.4, -0.2) is 40.2 Å². The summed E-state index contributed by atoms with van der Waals surface area (Å²) in [7, 11) is 1.91. The fourth-order valence-corrected chi connectivity index (χ4v) is 3.40. The number of hydrogen-bond donors (Lipinski definition) is 2. The Morgan fingerprint density at radius 3 is 2.43 bits per heavy atom. The highest BCUT2D eigenvalue weighted by atomic mass is 127. The molecule has 1 fully saturated rings. The number of rotatable bonds is 2. The molecule has 8 heteroatoms. The van der Waals surface area contributed by atoms with Crippen molar-refractivity contribution in [2.45, 2.75) is 22.1 Å². The molecule has 1 heterocycles. The number of hydrogen-bond acceptors (Lipinski definition) is 4. The minimum absolute atomic E-state index is 0.00161. The van der Waals surface area contributed by atoms with E-state index in [0.717, 1.165) is 0 Å². The van der Waals surface area contributed by atoms with Crippen LogP contribution in [0.5, 0.6) is 0 Å². The quantitative estimate of drug-likeness (QED) is 0.244. The summed E-state index contributed by atoms with van der Waals surface area (Å²) in [5.41, 5.74) is 0. The number of alkyl halides is 1. The third-order valence-corrected chi connectivity index (χ3v) is 4.87. The molecule has 1 aliphatic rings. The molecule has 0 bridgehead atoms. The van der Waals surface area contributed by atoms with E-state index in [1.807, 2.05) is 7.85 Å². The lowest BCUT2D eigenvalue weighted by Crippen LogP contribution is -2.30. The van der Waals surface area contributed by atoms with Gasteiger partial charge < -0.3 is 18.0 Å². The molecule has 1 saturated heterocycles. The molecule has 0 aromatic heterocycles. The molecule has 0 radical (unpaired) electrons. The van der Waals surface area contributed by atoms with Crippen molar-refractivity contribution in [1.29, 1.82) is 0 Å². The second kappa shape index (κ2) is 5.73. The standard InChI is InChI=1S/C6H8BI3O4/c7-5-1(8)3(14-10)4(13-5)2(11)6(9)12/h1,3-5,11-12H,7H2/b6-2+/t1-,3+,4-,5-/m1/s1. The summed E-state index contributed by atoms with van der Waals surface area (Å²) in [6, 6.07) is -0.00161. The van der Waals surface area contributed by atoms with Gasteiger partial charge in [-0.2, -0.15) is 0 Å². The largest absolute Gasteiger partial charge is 0.506 e. The summed E-state index contributed by atoms with van der Waals surface area (Å²) in [6.45, 7) is 0. The van der Waals surface area contributed by atoms with Crippen molar-refractivity contribution in [1.82, 2.24) is 0 Å². The minimum atomic E-state index is -0.569. The Morgan fingerprint density at radius 1 is 1.43 bits per heavy atom. The van der Waals surface area contributed by atoms with Crippen molar-refractivity contribution in [2.24, 2.45) is 0 Å². The lowest BCUT2D eigenvalue weighted by atomic mass is 9.96. The molecule has 0 unspecified atom stereocenters. The van der Waals surface area contributed by atoms with Crippen LogP contribution in [0.2, 0.25) is 0 Å². The Hall–Kier alpha value is 1.51. The van der Waals surface area contributed by atoms with Crippen LogP contribution >= 0.6 is 68.2 Å². The predicted octanol–water partition coefficient (Wildman–Crippen LogP) is 1.60. The van der Waals surface area contributed by atoms with E-state index >= 15 is 0 Å². The zero-order valence-corrected chi connectivity index (χ0v) is 13.6. The SMILES string of the molecule is B[C@@H]1O[C@H](/C(O)=C(\O)I)[C@@H](OI)[C@H]1I. The van der Waals surface area contributed by atoms with Crippen LogP contribution in [0.25, 0.3) is 0 Å². The van der Waals surface area contributed by atoms with Gasteiger partial charge in [-0.25, -0.2) is 0 Å².